The van der Waals surface area contributed by atoms with Gasteiger partial charge in [0.15, 0.2) is 5.82 Å². The number of pyridine rings is 1. The van der Waals surface area contributed by atoms with Crippen molar-refractivity contribution < 1.29 is 14.6 Å². The van der Waals surface area contributed by atoms with Crippen LogP contribution in [0.1, 0.15) is 12.0 Å². The maximum Gasteiger partial charge on any atom is 0.162 e. The molecule has 1 aliphatic rings. The Balaban J connectivity index is 1.72. The fraction of sp³-hybridized carbons (Fsp3) is 0.423. The number of aliphatic hydroxyl groups excluding tert-OH is 1. The molecule has 9 heteroatoms. The number of hydrogen-bond donors (Lipinski definition) is 3. The van der Waals surface area contributed by atoms with Gasteiger partial charge < -0.3 is 30.1 Å². The van der Waals surface area contributed by atoms with E-state index >= 15 is 0 Å². The van der Waals surface area contributed by atoms with Gasteiger partial charge >= 0.3 is 0 Å². The molecule has 186 valence electrons. The number of aliphatic hydroxyl groups is 1. The molecule has 1 aromatic carbocycles. The largest absolute Gasteiger partial charge is 0.491 e. The molecule has 1 aliphatic heterocycles. The number of nitrogens with one attached hydrogen (secondary N) is 2. The van der Waals surface area contributed by atoms with Gasteiger partial charge in [-0.15, -0.1) is 0 Å². The lowest BCUT2D eigenvalue weighted by molar-refractivity contribution is 0.108. The number of ether oxygens (including phenoxy) is 2. The van der Waals surface area contributed by atoms with Crippen LogP contribution in [-0.4, -0.2) is 79.7 Å². The minimum Gasteiger partial charge on any atom is -0.491 e. The van der Waals surface area contributed by atoms with Crippen LogP contribution in [0.3, 0.4) is 0 Å². The molecule has 3 N–H and O–H groups in total. The number of nitrogens with zero attached hydrogens (tertiary/aromatic N) is 4. The standard InChI is InChI=1S/C26H34N6O3/c1-17-24(18-8-10-28-23(13-18)32(3)4)30-26(31-25(17)29-20-9-11-34-15-20)19-6-5-7-22(12-19)35-16-21(33)14-27-2/h5-8,10,12-13,20-21,27,33H,9,11,14-16H2,1-4H3,(H,29,30,31). The van der Waals surface area contributed by atoms with Crippen LogP contribution >= 0.6 is 0 Å². The van der Waals surface area contributed by atoms with Crippen molar-refractivity contribution in [2.45, 2.75) is 25.5 Å². The van der Waals surface area contributed by atoms with E-state index in [0.717, 1.165) is 47.0 Å². The lowest BCUT2D eigenvalue weighted by atomic mass is 10.1. The van der Waals surface area contributed by atoms with E-state index in [2.05, 4.69) is 15.6 Å². The summed E-state index contributed by atoms with van der Waals surface area (Å²) in [4.78, 5) is 16.3. The van der Waals surface area contributed by atoms with Crippen molar-refractivity contribution in [1.82, 2.24) is 20.3 Å². The first-order chi connectivity index (χ1) is 16.9. The lowest BCUT2D eigenvalue weighted by Crippen LogP contribution is -2.29. The van der Waals surface area contributed by atoms with Crippen LogP contribution < -0.4 is 20.3 Å². The summed E-state index contributed by atoms with van der Waals surface area (Å²) in [7, 11) is 5.73. The van der Waals surface area contributed by atoms with Gasteiger partial charge in [-0.2, -0.15) is 0 Å². The quantitative estimate of drug-likeness (QED) is 0.406. The maximum absolute atomic E-state index is 9.98. The Kier molecular flexibility index (Phi) is 8.12. The molecular weight excluding hydrogens is 444 g/mol. The van der Waals surface area contributed by atoms with Crippen LogP contribution in [0.15, 0.2) is 42.6 Å². The van der Waals surface area contributed by atoms with E-state index < -0.39 is 6.10 Å². The van der Waals surface area contributed by atoms with Gasteiger partial charge in [0.1, 0.15) is 30.1 Å². The van der Waals surface area contributed by atoms with Gasteiger partial charge in [-0.25, -0.2) is 15.0 Å². The number of hydrogen-bond acceptors (Lipinski definition) is 9. The monoisotopic (exact) mass is 478 g/mol. The van der Waals surface area contributed by atoms with Gasteiger partial charge in [-0.05, 0) is 44.7 Å². The second-order valence-electron chi connectivity index (χ2n) is 8.92. The number of aromatic nitrogens is 3. The van der Waals surface area contributed by atoms with Crippen LogP contribution in [0.2, 0.25) is 0 Å². The first-order valence-electron chi connectivity index (χ1n) is 11.9. The average molecular weight is 479 g/mol. The SMILES string of the molecule is CNCC(O)COc1cccc(-c2nc(NC3CCOC3)c(C)c(-c3ccnc(N(C)C)c3)n2)c1. The molecule has 0 aliphatic carbocycles. The highest BCUT2D eigenvalue weighted by Crippen LogP contribution is 2.32. The second kappa shape index (κ2) is 11.4. The molecule has 3 heterocycles. The highest BCUT2D eigenvalue weighted by atomic mass is 16.5. The fourth-order valence-corrected chi connectivity index (χ4v) is 3.93. The van der Waals surface area contributed by atoms with Gasteiger partial charge in [-0.3, -0.25) is 0 Å². The van der Waals surface area contributed by atoms with E-state index in [4.69, 9.17) is 19.4 Å². The third-order valence-corrected chi connectivity index (χ3v) is 5.87. The second-order valence-corrected chi connectivity index (χ2v) is 8.92. The summed E-state index contributed by atoms with van der Waals surface area (Å²) in [5.74, 6) is 2.90. The molecule has 9 nitrogen and oxygen atoms in total. The summed E-state index contributed by atoms with van der Waals surface area (Å²) in [6.07, 6.45) is 2.15. The molecule has 0 amide bonds. The zero-order valence-electron chi connectivity index (χ0n) is 20.8. The molecule has 4 rings (SSSR count). The highest BCUT2D eigenvalue weighted by Gasteiger charge is 2.20. The Morgan fingerprint density at radius 2 is 2.06 bits per heavy atom. The third kappa shape index (κ3) is 6.25. The summed E-state index contributed by atoms with van der Waals surface area (Å²) < 4.78 is 11.4. The van der Waals surface area contributed by atoms with E-state index in [9.17, 15) is 5.11 Å². The first kappa shape index (κ1) is 24.8. The summed E-state index contributed by atoms with van der Waals surface area (Å²) in [5.41, 5.74) is 3.62. The minimum absolute atomic E-state index is 0.198. The lowest BCUT2D eigenvalue weighted by Gasteiger charge is -2.18. The molecule has 0 radical (unpaired) electrons. The summed E-state index contributed by atoms with van der Waals surface area (Å²) in [6, 6.07) is 11.9. The molecule has 2 aromatic heterocycles. The van der Waals surface area contributed by atoms with Gasteiger partial charge in [0.2, 0.25) is 0 Å². The number of anilines is 2. The molecule has 35 heavy (non-hydrogen) atoms. The van der Waals surface area contributed by atoms with E-state index in [-0.39, 0.29) is 12.6 Å². The highest BCUT2D eigenvalue weighted by molar-refractivity contribution is 5.73. The minimum atomic E-state index is -0.590. The zero-order chi connectivity index (χ0) is 24.8. The van der Waals surface area contributed by atoms with Crippen LogP contribution in [0, 0.1) is 6.92 Å². The van der Waals surface area contributed by atoms with E-state index in [1.165, 1.54) is 0 Å². The van der Waals surface area contributed by atoms with E-state index in [0.29, 0.717) is 24.7 Å². The summed E-state index contributed by atoms with van der Waals surface area (Å²) in [5, 5.41) is 16.5. The fourth-order valence-electron chi connectivity index (χ4n) is 3.93. The number of benzene rings is 1. The van der Waals surface area contributed by atoms with Crippen molar-refractivity contribution in [2.24, 2.45) is 0 Å². The van der Waals surface area contributed by atoms with Crippen molar-refractivity contribution in [2.75, 3.05) is 57.7 Å². The molecule has 0 saturated carbocycles. The molecule has 2 unspecified atom stereocenters. The van der Waals surface area contributed by atoms with Gasteiger partial charge in [0.25, 0.3) is 0 Å². The smallest absolute Gasteiger partial charge is 0.162 e. The zero-order valence-corrected chi connectivity index (χ0v) is 20.8. The van der Waals surface area contributed by atoms with Crippen molar-refractivity contribution in [3.8, 4) is 28.4 Å². The van der Waals surface area contributed by atoms with Crippen LogP contribution in [-0.2, 0) is 4.74 Å². The Labute approximate surface area is 206 Å². The van der Waals surface area contributed by atoms with Crippen molar-refractivity contribution in [3.63, 3.8) is 0 Å². The molecule has 0 bridgehead atoms. The molecule has 0 spiro atoms. The average Bonchev–Trinajstić information content (AvgIpc) is 3.37. The predicted molar refractivity (Wildman–Crippen MR) is 138 cm³/mol. The Bertz CT molecular complexity index is 1130. The first-order valence-corrected chi connectivity index (χ1v) is 11.9. The van der Waals surface area contributed by atoms with Crippen LogP contribution in [0.5, 0.6) is 5.75 Å². The van der Waals surface area contributed by atoms with E-state index in [1.54, 1.807) is 13.2 Å². The van der Waals surface area contributed by atoms with Crippen molar-refractivity contribution in [3.05, 3.63) is 48.2 Å². The Hall–Kier alpha value is -3.27. The molecule has 2 atom stereocenters. The number of likely N-dealkylation sites (N-methyl/N-ethyl adjacent to an activating group) is 1. The molecule has 1 fully saturated rings. The normalized spacial score (nSPS) is 16.2. The third-order valence-electron chi connectivity index (χ3n) is 5.87. The van der Waals surface area contributed by atoms with Gasteiger partial charge in [0, 0.05) is 50.1 Å². The van der Waals surface area contributed by atoms with Crippen LogP contribution in [0.4, 0.5) is 11.6 Å². The predicted octanol–water partition coefficient (Wildman–Crippen LogP) is 2.74. The molecule has 3 aromatic rings. The van der Waals surface area contributed by atoms with Gasteiger partial charge in [0.05, 0.1) is 18.3 Å². The van der Waals surface area contributed by atoms with Crippen molar-refractivity contribution in [1.29, 1.82) is 0 Å². The maximum atomic E-state index is 9.98. The molecular formula is C26H34N6O3. The van der Waals surface area contributed by atoms with Crippen LogP contribution in [0.25, 0.3) is 22.6 Å². The van der Waals surface area contributed by atoms with E-state index in [1.807, 2.05) is 62.3 Å². The summed E-state index contributed by atoms with van der Waals surface area (Å²) in [6.45, 7) is 4.10. The Morgan fingerprint density at radius 3 is 2.80 bits per heavy atom. The van der Waals surface area contributed by atoms with Gasteiger partial charge in [-0.1, -0.05) is 12.1 Å². The van der Waals surface area contributed by atoms with Crippen molar-refractivity contribution >= 4 is 11.6 Å². The number of rotatable bonds is 10. The topological polar surface area (TPSA) is 105 Å². The molecule has 1 saturated heterocycles. The summed E-state index contributed by atoms with van der Waals surface area (Å²) >= 11 is 0. The Morgan fingerprint density at radius 1 is 1.20 bits per heavy atom.